The molecule has 0 spiro atoms. The second-order valence-corrected chi connectivity index (χ2v) is 4.38. The van der Waals surface area contributed by atoms with Gasteiger partial charge < -0.3 is 10.6 Å². The van der Waals surface area contributed by atoms with Gasteiger partial charge in [-0.25, -0.2) is 0 Å². The summed E-state index contributed by atoms with van der Waals surface area (Å²) in [6.07, 6.45) is -3.80. The molecule has 0 unspecified atom stereocenters. The van der Waals surface area contributed by atoms with E-state index in [-0.39, 0.29) is 13.0 Å². The highest BCUT2D eigenvalue weighted by atomic mass is 19.4. The minimum Gasteiger partial charge on any atom is -0.385 e. The van der Waals surface area contributed by atoms with Crippen LogP contribution in [0.2, 0.25) is 0 Å². The molecule has 0 bridgehead atoms. The normalized spacial score (nSPS) is 11.2. The van der Waals surface area contributed by atoms with Crippen molar-refractivity contribution in [2.75, 3.05) is 18.4 Å². The lowest BCUT2D eigenvalue weighted by Crippen LogP contribution is -2.26. The summed E-state index contributed by atoms with van der Waals surface area (Å²) < 4.78 is 35.9. The van der Waals surface area contributed by atoms with Gasteiger partial charge in [-0.1, -0.05) is 0 Å². The SMILES string of the molecule is CCNc1cc(C)ncc1C(=O)NCCCC(F)(F)F. The standard InChI is InChI=1S/C13H18F3N3O/c1-3-17-11-7-9(2)19-8-10(11)12(20)18-6-4-5-13(14,15)16/h7-8H,3-6H2,1-2H3,(H,17,19)(H,18,20). The van der Waals surface area contributed by atoms with Crippen molar-refractivity contribution >= 4 is 11.6 Å². The van der Waals surface area contributed by atoms with E-state index < -0.39 is 18.5 Å². The van der Waals surface area contributed by atoms with E-state index in [9.17, 15) is 18.0 Å². The first-order chi connectivity index (χ1) is 9.33. The minimum atomic E-state index is -4.19. The summed E-state index contributed by atoms with van der Waals surface area (Å²) in [5, 5.41) is 5.50. The Bertz CT molecular complexity index is 461. The number of carbonyl (C=O) groups is 1. The zero-order valence-corrected chi connectivity index (χ0v) is 11.5. The first-order valence-electron chi connectivity index (χ1n) is 6.39. The van der Waals surface area contributed by atoms with Gasteiger partial charge in [0.15, 0.2) is 0 Å². The number of halogens is 3. The van der Waals surface area contributed by atoms with Crippen molar-refractivity contribution in [1.82, 2.24) is 10.3 Å². The van der Waals surface area contributed by atoms with Crippen molar-refractivity contribution in [2.24, 2.45) is 0 Å². The number of amides is 1. The largest absolute Gasteiger partial charge is 0.389 e. The third-order valence-corrected chi connectivity index (χ3v) is 2.58. The van der Waals surface area contributed by atoms with E-state index in [0.717, 1.165) is 5.69 Å². The van der Waals surface area contributed by atoms with Gasteiger partial charge in [0.2, 0.25) is 0 Å². The average molecular weight is 289 g/mol. The van der Waals surface area contributed by atoms with Crippen LogP contribution in [0.4, 0.5) is 18.9 Å². The first kappa shape index (κ1) is 16.3. The Balaban J connectivity index is 2.59. The molecule has 1 heterocycles. The molecule has 0 saturated heterocycles. The van der Waals surface area contributed by atoms with E-state index in [1.54, 1.807) is 13.0 Å². The summed E-state index contributed by atoms with van der Waals surface area (Å²) in [6, 6.07) is 1.73. The van der Waals surface area contributed by atoms with Crippen LogP contribution in [0.15, 0.2) is 12.3 Å². The summed E-state index contributed by atoms with van der Waals surface area (Å²) in [4.78, 5) is 15.9. The monoisotopic (exact) mass is 289 g/mol. The maximum absolute atomic E-state index is 12.0. The van der Waals surface area contributed by atoms with Crippen molar-refractivity contribution < 1.29 is 18.0 Å². The Hall–Kier alpha value is -1.79. The molecule has 0 atom stereocenters. The number of aromatic nitrogens is 1. The van der Waals surface area contributed by atoms with E-state index in [1.165, 1.54) is 6.20 Å². The molecular weight excluding hydrogens is 271 g/mol. The van der Waals surface area contributed by atoms with Crippen LogP contribution in [0.5, 0.6) is 0 Å². The number of carbonyl (C=O) groups excluding carboxylic acids is 1. The Labute approximate surface area is 115 Å². The molecule has 0 fully saturated rings. The molecule has 112 valence electrons. The molecular formula is C13H18F3N3O. The van der Waals surface area contributed by atoms with E-state index in [4.69, 9.17) is 0 Å². The van der Waals surface area contributed by atoms with Gasteiger partial charge in [0.1, 0.15) is 0 Å². The molecule has 0 aliphatic rings. The fourth-order valence-electron chi connectivity index (χ4n) is 1.66. The number of anilines is 1. The van der Waals surface area contributed by atoms with Crippen LogP contribution in [-0.4, -0.2) is 30.2 Å². The maximum atomic E-state index is 12.0. The Morgan fingerprint density at radius 1 is 1.40 bits per heavy atom. The van der Waals surface area contributed by atoms with Crippen LogP contribution in [0, 0.1) is 6.92 Å². The van der Waals surface area contributed by atoms with Crippen LogP contribution >= 0.6 is 0 Å². The van der Waals surface area contributed by atoms with Gasteiger partial charge in [-0.2, -0.15) is 13.2 Å². The Morgan fingerprint density at radius 3 is 2.70 bits per heavy atom. The highest BCUT2D eigenvalue weighted by Crippen LogP contribution is 2.21. The number of hydrogen-bond donors (Lipinski definition) is 2. The molecule has 0 saturated carbocycles. The number of alkyl halides is 3. The molecule has 4 nitrogen and oxygen atoms in total. The summed E-state index contributed by atoms with van der Waals surface area (Å²) in [6.45, 7) is 4.31. The highest BCUT2D eigenvalue weighted by molar-refractivity contribution is 5.99. The summed E-state index contributed by atoms with van der Waals surface area (Å²) >= 11 is 0. The quantitative estimate of drug-likeness (QED) is 0.792. The van der Waals surface area contributed by atoms with Gasteiger partial charge in [0.05, 0.1) is 11.3 Å². The summed E-state index contributed by atoms with van der Waals surface area (Å²) in [5.41, 5.74) is 1.73. The molecule has 0 radical (unpaired) electrons. The topological polar surface area (TPSA) is 54.0 Å². The lowest BCUT2D eigenvalue weighted by atomic mass is 10.2. The number of pyridine rings is 1. The smallest absolute Gasteiger partial charge is 0.385 e. The highest BCUT2D eigenvalue weighted by Gasteiger charge is 2.26. The predicted molar refractivity (Wildman–Crippen MR) is 70.8 cm³/mol. The van der Waals surface area contributed by atoms with Gasteiger partial charge >= 0.3 is 6.18 Å². The lowest BCUT2D eigenvalue weighted by molar-refractivity contribution is -0.135. The molecule has 2 N–H and O–H groups in total. The fraction of sp³-hybridized carbons (Fsp3) is 0.538. The minimum absolute atomic E-state index is 0.0161. The second kappa shape index (κ2) is 7.12. The molecule has 1 aromatic rings. The fourth-order valence-corrected chi connectivity index (χ4v) is 1.66. The van der Waals surface area contributed by atoms with Gasteiger partial charge in [-0.05, 0) is 26.3 Å². The van der Waals surface area contributed by atoms with Crippen LogP contribution in [0.25, 0.3) is 0 Å². The zero-order valence-electron chi connectivity index (χ0n) is 11.5. The van der Waals surface area contributed by atoms with E-state index in [2.05, 4.69) is 15.6 Å². The number of aryl methyl sites for hydroxylation is 1. The summed E-state index contributed by atoms with van der Waals surface area (Å²) in [7, 11) is 0. The number of rotatable bonds is 6. The van der Waals surface area contributed by atoms with Crippen molar-refractivity contribution in [3.05, 3.63) is 23.5 Å². The molecule has 0 aliphatic carbocycles. The third-order valence-electron chi connectivity index (χ3n) is 2.58. The van der Waals surface area contributed by atoms with Crippen LogP contribution in [0.3, 0.4) is 0 Å². The van der Waals surface area contributed by atoms with Gasteiger partial charge in [-0.15, -0.1) is 0 Å². The number of nitrogens with one attached hydrogen (secondary N) is 2. The van der Waals surface area contributed by atoms with E-state index >= 15 is 0 Å². The molecule has 7 heteroatoms. The number of nitrogens with zero attached hydrogens (tertiary/aromatic N) is 1. The molecule has 20 heavy (non-hydrogen) atoms. The van der Waals surface area contributed by atoms with E-state index in [0.29, 0.717) is 17.8 Å². The molecule has 1 amide bonds. The molecule has 1 aromatic heterocycles. The van der Waals surface area contributed by atoms with Crippen molar-refractivity contribution in [2.45, 2.75) is 32.9 Å². The lowest BCUT2D eigenvalue weighted by Gasteiger charge is -2.12. The first-order valence-corrected chi connectivity index (χ1v) is 6.39. The molecule has 0 aromatic carbocycles. The maximum Gasteiger partial charge on any atom is 0.389 e. The van der Waals surface area contributed by atoms with Gasteiger partial charge in [0.25, 0.3) is 5.91 Å². The van der Waals surface area contributed by atoms with E-state index in [1.807, 2.05) is 6.92 Å². The van der Waals surface area contributed by atoms with Crippen molar-refractivity contribution in [1.29, 1.82) is 0 Å². The van der Waals surface area contributed by atoms with Gasteiger partial charge in [0, 0.05) is 31.4 Å². The Morgan fingerprint density at radius 2 is 2.10 bits per heavy atom. The molecule has 0 aliphatic heterocycles. The summed E-state index contributed by atoms with van der Waals surface area (Å²) in [5.74, 6) is -0.421. The predicted octanol–water partition coefficient (Wildman–Crippen LogP) is 2.89. The average Bonchev–Trinajstić information content (AvgIpc) is 2.34. The third kappa shape index (κ3) is 5.46. The van der Waals surface area contributed by atoms with Crippen molar-refractivity contribution in [3.8, 4) is 0 Å². The Kier molecular flexibility index (Phi) is 5.79. The van der Waals surface area contributed by atoms with Crippen LogP contribution in [-0.2, 0) is 0 Å². The number of hydrogen-bond acceptors (Lipinski definition) is 3. The van der Waals surface area contributed by atoms with Crippen LogP contribution < -0.4 is 10.6 Å². The van der Waals surface area contributed by atoms with Crippen LogP contribution in [0.1, 0.15) is 35.8 Å². The second-order valence-electron chi connectivity index (χ2n) is 4.38. The van der Waals surface area contributed by atoms with Crippen molar-refractivity contribution in [3.63, 3.8) is 0 Å². The molecule has 1 rings (SSSR count). The van der Waals surface area contributed by atoms with Gasteiger partial charge in [-0.3, -0.25) is 9.78 Å². The zero-order chi connectivity index (χ0) is 15.2.